The molecule has 3 nitrogen and oxygen atoms in total. The Kier molecular flexibility index (Phi) is 4.15. The third-order valence-electron chi connectivity index (χ3n) is 6.13. The molecule has 0 aliphatic carbocycles. The quantitative estimate of drug-likeness (QED) is 0.207. The van der Waals surface area contributed by atoms with Gasteiger partial charge in [-0.3, -0.25) is 0 Å². The molecule has 192 valence electrons. The molecule has 0 spiro atoms. The van der Waals surface area contributed by atoms with Crippen molar-refractivity contribution in [3.8, 4) is 33.4 Å². The predicted molar refractivity (Wildman–Crippen MR) is 167 cm³/mol. The summed E-state index contributed by atoms with van der Waals surface area (Å²) in [5.74, 6) is 0. The first-order valence-corrected chi connectivity index (χ1v) is 12.3. The van der Waals surface area contributed by atoms with Crippen molar-refractivity contribution in [1.29, 1.82) is 0 Å². The molecule has 4 heteroatoms. The molecule has 0 saturated carbocycles. The minimum Gasteiger partial charge on any atom is -0.423 e. The second kappa shape index (κ2) is 11.5. The lowest BCUT2D eigenvalue weighted by Gasteiger charge is -2.28. The summed E-state index contributed by atoms with van der Waals surface area (Å²) in [5, 5.41) is 19.8. The molecule has 6 rings (SSSR count). The van der Waals surface area contributed by atoms with Gasteiger partial charge in [-0.15, -0.1) is 0 Å². The molecule has 0 fully saturated rings. The van der Waals surface area contributed by atoms with E-state index in [-0.39, 0.29) is 16.8 Å². The standard InChI is InChI=1S/C36H28BNO2/c39-37(40)32-21-25-34(26-22-32)38(36-14-8-7-13-35(36)31-11-5-2-6-12-31)33-23-19-30(20-24-33)29-17-15-28(16-18-29)27-9-3-1-4-10-27/h1-26,39-40H/i1D,3D,4D,9D,10D,15D,16D,17D,18D,21D,22D,25D,26D. The van der Waals surface area contributed by atoms with Crippen molar-refractivity contribution in [3.05, 3.63) is 157 Å². The van der Waals surface area contributed by atoms with Gasteiger partial charge in [0, 0.05) is 16.9 Å². The first kappa shape index (κ1) is 14.5. The first-order valence-electron chi connectivity index (χ1n) is 18.8. The van der Waals surface area contributed by atoms with Crippen LogP contribution in [0.2, 0.25) is 0 Å². The highest BCUT2D eigenvalue weighted by atomic mass is 16.4. The van der Waals surface area contributed by atoms with E-state index in [1.165, 1.54) is 29.2 Å². The van der Waals surface area contributed by atoms with Crippen LogP contribution in [0.4, 0.5) is 17.1 Å². The Morgan fingerprint density at radius 3 is 1.70 bits per heavy atom. The van der Waals surface area contributed by atoms with E-state index in [1.807, 2.05) is 36.4 Å². The van der Waals surface area contributed by atoms with Crippen molar-refractivity contribution in [2.45, 2.75) is 0 Å². The van der Waals surface area contributed by atoms with Crippen LogP contribution in [-0.2, 0) is 0 Å². The highest BCUT2D eigenvalue weighted by molar-refractivity contribution is 6.58. The monoisotopic (exact) mass is 530 g/mol. The molecule has 0 bridgehead atoms. The Morgan fingerprint density at radius 1 is 0.475 bits per heavy atom. The summed E-state index contributed by atoms with van der Waals surface area (Å²) in [7, 11) is -2.27. The fourth-order valence-electron chi connectivity index (χ4n) is 4.21. The Morgan fingerprint density at radius 2 is 1.05 bits per heavy atom. The number of para-hydroxylation sites is 1. The van der Waals surface area contributed by atoms with E-state index in [9.17, 15) is 10.0 Å². The summed E-state index contributed by atoms with van der Waals surface area (Å²) in [6.45, 7) is 0. The van der Waals surface area contributed by atoms with Crippen molar-refractivity contribution < 1.29 is 27.9 Å². The van der Waals surface area contributed by atoms with Gasteiger partial charge in [0.25, 0.3) is 0 Å². The molecule has 0 aliphatic rings. The van der Waals surface area contributed by atoms with Crippen LogP contribution >= 0.6 is 0 Å². The van der Waals surface area contributed by atoms with Crippen molar-refractivity contribution >= 4 is 29.6 Å². The van der Waals surface area contributed by atoms with Gasteiger partial charge in [-0.2, -0.15) is 0 Å². The Hall–Kier alpha value is -4.90. The SMILES string of the molecule is [2H]c1c([2H])c([2H])c(-c2c([2H])c([2H])c(-c3ccc(N(c4ccccc4-c4ccccc4)c4c([2H])c([2H])c(B(O)O)c([2H])c4[2H])cc3)c([2H])c2[2H])c([2H])c1[2H]. The maximum Gasteiger partial charge on any atom is 0.488 e. The summed E-state index contributed by atoms with van der Waals surface area (Å²) < 4.78 is 111. The van der Waals surface area contributed by atoms with Crippen LogP contribution in [0.15, 0.2) is 157 Å². The van der Waals surface area contributed by atoms with Gasteiger partial charge in [0.2, 0.25) is 0 Å². The van der Waals surface area contributed by atoms with Crippen LogP contribution in [0, 0.1) is 0 Å². The summed E-state index contributed by atoms with van der Waals surface area (Å²) in [5.41, 5.74) is 0.561. The normalized spacial score (nSPS) is 15.3. The lowest BCUT2D eigenvalue weighted by atomic mass is 9.80. The number of rotatable bonds is 7. The van der Waals surface area contributed by atoms with E-state index in [0.29, 0.717) is 16.9 Å². The lowest BCUT2D eigenvalue weighted by molar-refractivity contribution is 0.426. The summed E-state index contributed by atoms with van der Waals surface area (Å²) >= 11 is 0. The van der Waals surface area contributed by atoms with Crippen LogP contribution in [-0.4, -0.2) is 17.2 Å². The van der Waals surface area contributed by atoms with E-state index in [0.717, 1.165) is 5.56 Å². The fraction of sp³-hybridized carbons (Fsp3) is 0. The maximum atomic E-state index is 9.89. The van der Waals surface area contributed by atoms with Crippen LogP contribution in [0.3, 0.4) is 0 Å². The summed E-state index contributed by atoms with van der Waals surface area (Å²) in [4.78, 5) is 1.48. The molecule has 40 heavy (non-hydrogen) atoms. The van der Waals surface area contributed by atoms with E-state index in [2.05, 4.69) is 0 Å². The first-order chi connectivity index (χ1) is 25.1. The number of hydrogen-bond acceptors (Lipinski definition) is 3. The number of anilines is 3. The van der Waals surface area contributed by atoms with Gasteiger partial charge in [-0.25, -0.2) is 0 Å². The summed E-state index contributed by atoms with van der Waals surface area (Å²) in [6, 6.07) is 14.3. The van der Waals surface area contributed by atoms with Crippen LogP contribution < -0.4 is 10.4 Å². The smallest absolute Gasteiger partial charge is 0.423 e. The van der Waals surface area contributed by atoms with Gasteiger partial charge in [0.1, 0.15) is 0 Å². The van der Waals surface area contributed by atoms with E-state index in [4.69, 9.17) is 17.8 Å². The average Bonchev–Trinajstić information content (AvgIpc) is 3.15. The van der Waals surface area contributed by atoms with Gasteiger partial charge >= 0.3 is 7.12 Å². The third-order valence-corrected chi connectivity index (χ3v) is 6.13. The third kappa shape index (κ3) is 5.32. The fourth-order valence-corrected chi connectivity index (χ4v) is 4.21. The molecule has 0 heterocycles. The Labute approximate surface area is 253 Å². The minimum absolute atomic E-state index is 0.135. The molecule has 0 amide bonds. The van der Waals surface area contributed by atoms with Gasteiger partial charge in [-0.1, -0.05) is 127 Å². The molecule has 0 unspecified atom stereocenters. The van der Waals surface area contributed by atoms with Crippen LogP contribution in [0.25, 0.3) is 33.4 Å². The predicted octanol–water partition coefficient (Wildman–Crippen LogP) is 7.84. The zero-order valence-corrected chi connectivity index (χ0v) is 20.9. The molecule has 6 aromatic carbocycles. The topological polar surface area (TPSA) is 43.7 Å². The number of hydrogen-bond donors (Lipinski definition) is 2. The second-order valence-corrected chi connectivity index (χ2v) is 8.65. The van der Waals surface area contributed by atoms with Crippen molar-refractivity contribution in [3.63, 3.8) is 0 Å². The summed E-state index contributed by atoms with van der Waals surface area (Å²) in [6.07, 6.45) is 0. The van der Waals surface area contributed by atoms with E-state index in [1.54, 1.807) is 18.2 Å². The maximum absolute atomic E-state index is 9.89. The van der Waals surface area contributed by atoms with Gasteiger partial charge < -0.3 is 14.9 Å². The molecular weight excluding hydrogens is 489 g/mol. The molecule has 6 aromatic rings. The second-order valence-electron chi connectivity index (χ2n) is 8.65. The van der Waals surface area contributed by atoms with Gasteiger partial charge in [-0.05, 0) is 63.6 Å². The van der Waals surface area contributed by atoms with Crippen molar-refractivity contribution in [1.82, 2.24) is 0 Å². The van der Waals surface area contributed by atoms with Crippen molar-refractivity contribution in [2.75, 3.05) is 4.90 Å². The zero-order chi connectivity index (χ0) is 38.6. The van der Waals surface area contributed by atoms with Gasteiger partial charge in [0.15, 0.2) is 0 Å². The molecule has 0 aliphatic heterocycles. The highest BCUT2D eigenvalue weighted by Crippen LogP contribution is 2.41. The van der Waals surface area contributed by atoms with Gasteiger partial charge in [0.05, 0.1) is 23.5 Å². The Bertz CT molecular complexity index is 2340. The lowest BCUT2D eigenvalue weighted by Crippen LogP contribution is -2.29. The van der Waals surface area contributed by atoms with Crippen LogP contribution in [0.5, 0.6) is 0 Å². The minimum atomic E-state index is -2.27. The highest BCUT2D eigenvalue weighted by Gasteiger charge is 2.18. The van der Waals surface area contributed by atoms with Crippen LogP contribution in [0.1, 0.15) is 17.8 Å². The van der Waals surface area contributed by atoms with E-state index >= 15 is 0 Å². The number of benzene rings is 6. The average molecular weight is 531 g/mol. The molecule has 2 N–H and O–H groups in total. The Balaban J connectivity index is 1.57. The molecule has 0 aromatic heterocycles. The van der Waals surface area contributed by atoms with Crippen molar-refractivity contribution in [2.24, 2.45) is 0 Å². The largest absolute Gasteiger partial charge is 0.488 e. The number of nitrogens with zero attached hydrogens (tertiary/aromatic N) is 1. The molecule has 0 radical (unpaired) electrons. The zero-order valence-electron chi connectivity index (χ0n) is 33.9. The van der Waals surface area contributed by atoms with E-state index < -0.39 is 102 Å². The molecule has 0 saturated heterocycles. The molecule has 0 atom stereocenters. The molecular formula is C36H28BNO2.